The van der Waals surface area contributed by atoms with Crippen LogP contribution in [-0.4, -0.2) is 6.54 Å². The molecule has 90 valence electrons. The van der Waals surface area contributed by atoms with Crippen molar-refractivity contribution in [1.29, 1.82) is 0 Å². The van der Waals surface area contributed by atoms with Crippen LogP contribution in [0.4, 0.5) is 4.39 Å². The summed E-state index contributed by atoms with van der Waals surface area (Å²) in [4.78, 5) is 0. The van der Waals surface area contributed by atoms with Gasteiger partial charge in [0.25, 0.3) is 0 Å². The van der Waals surface area contributed by atoms with E-state index in [2.05, 4.69) is 21.2 Å². The van der Waals surface area contributed by atoms with Gasteiger partial charge in [0.1, 0.15) is 5.82 Å². The highest BCUT2D eigenvalue weighted by Gasteiger charge is 2.09. The molecule has 0 unspecified atom stereocenters. The molecule has 1 heterocycles. The molecule has 0 spiro atoms. The molecule has 17 heavy (non-hydrogen) atoms. The highest BCUT2D eigenvalue weighted by atomic mass is 79.9. The van der Waals surface area contributed by atoms with E-state index in [1.807, 2.05) is 29.8 Å². The second kappa shape index (κ2) is 5.76. The first-order chi connectivity index (χ1) is 8.22. The summed E-state index contributed by atoms with van der Waals surface area (Å²) in [7, 11) is 0. The summed E-state index contributed by atoms with van der Waals surface area (Å²) in [5.41, 5.74) is 2.54. The van der Waals surface area contributed by atoms with E-state index >= 15 is 0 Å². The van der Waals surface area contributed by atoms with Gasteiger partial charge in [-0.3, -0.25) is 0 Å². The molecule has 0 radical (unpaired) electrons. The third kappa shape index (κ3) is 2.94. The molecule has 1 N–H and O–H groups in total. The van der Waals surface area contributed by atoms with Crippen molar-refractivity contribution >= 4 is 27.3 Å². The fourth-order valence-corrected chi connectivity index (χ4v) is 3.14. The number of thiophene rings is 1. The zero-order valence-electron chi connectivity index (χ0n) is 9.47. The van der Waals surface area contributed by atoms with Crippen LogP contribution in [0.1, 0.15) is 12.5 Å². The van der Waals surface area contributed by atoms with Crippen LogP contribution >= 0.6 is 27.3 Å². The predicted molar refractivity (Wildman–Crippen MR) is 74.8 cm³/mol. The first-order valence-corrected chi connectivity index (χ1v) is 7.17. The Morgan fingerprint density at radius 1 is 1.29 bits per heavy atom. The molecular formula is C13H13BrFNS. The lowest BCUT2D eigenvalue weighted by Crippen LogP contribution is -2.11. The quantitative estimate of drug-likeness (QED) is 0.880. The fraction of sp³-hybridized carbons (Fsp3) is 0.231. The lowest BCUT2D eigenvalue weighted by molar-refractivity contribution is 0.625. The summed E-state index contributed by atoms with van der Waals surface area (Å²) in [6.07, 6.45) is 0. The van der Waals surface area contributed by atoms with E-state index in [0.717, 1.165) is 22.1 Å². The highest BCUT2D eigenvalue weighted by molar-refractivity contribution is 9.10. The van der Waals surface area contributed by atoms with Crippen molar-refractivity contribution < 1.29 is 4.39 Å². The zero-order valence-corrected chi connectivity index (χ0v) is 11.9. The van der Waals surface area contributed by atoms with E-state index in [9.17, 15) is 4.39 Å². The lowest BCUT2D eigenvalue weighted by atomic mass is 10.1. The summed E-state index contributed by atoms with van der Waals surface area (Å²) in [6.45, 7) is 3.63. The highest BCUT2D eigenvalue weighted by Crippen LogP contribution is 2.33. The van der Waals surface area contributed by atoms with Crippen LogP contribution in [0.2, 0.25) is 0 Å². The van der Waals surface area contributed by atoms with Gasteiger partial charge in [-0.15, -0.1) is 0 Å². The topological polar surface area (TPSA) is 12.0 Å². The van der Waals surface area contributed by atoms with Gasteiger partial charge in [-0.1, -0.05) is 19.1 Å². The molecule has 0 aliphatic heterocycles. The molecule has 1 nitrogen and oxygen atoms in total. The minimum atomic E-state index is -0.167. The van der Waals surface area contributed by atoms with Gasteiger partial charge in [0.2, 0.25) is 0 Å². The van der Waals surface area contributed by atoms with Gasteiger partial charge in [0.05, 0.1) is 0 Å². The second-order valence-electron chi connectivity index (χ2n) is 3.73. The van der Waals surface area contributed by atoms with Crippen molar-refractivity contribution in [2.45, 2.75) is 13.5 Å². The van der Waals surface area contributed by atoms with Crippen molar-refractivity contribution in [3.8, 4) is 11.1 Å². The lowest BCUT2D eigenvalue weighted by Gasteiger charge is -2.06. The fourth-order valence-electron chi connectivity index (χ4n) is 1.63. The van der Waals surface area contributed by atoms with Crippen LogP contribution in [0.3, 0.4) is 0 Å². The van der Waals surface area contributed by atoms with Crippen LogP contribution in [0.25, 0.3) is 11.1 Å². The average Bonchev–Trinajstić information content (AvgIpc) is 2.73. The molecule has 2 rings (SSSR count). The molecule has 0 saturated carbocycles. The molecule has 0 fully saturated rings. The normalized spacial score (nSPS) is 10.8. The molecule has 1 aromatic heterocycles. The van der Waals surface area contributed by atoms with Gasteiger partial charge in [-0.25, -0.2) is 4.39 Å². The molecule has 0 atom stereocenters. The zero-order chi connectivity index (χ0) is 12.3. The van der Waals surface area contributed by atoms with Crippen molar-refractivity contribution in [2.24, 2.45) is 0 Å². The number of rotatable bonds is 4. The van der Waals surface area contributed by atoms with Gasteiger partial charge in [-0.05, 0) is 39.5 Å². The number of hydrogen-bond donors (Lipinski definition) is 1. The Balaban J connectivity index is 2.29. The molecule has 4 heteroatoms. The van der Waals surface area contributed by atoms with Crippen LogP contribution in [0.5, 0.6) is 0 Å². The van der Waals surface area contributed by atoms with Crippen LogP contribution < -0.4 is 5.32 Å². The molecule has 0 bridgehead atoms. The molecule has 0 aliphatic carbocycles. The van der Waals surface area contributed by atoms with Crippen LogP contribution in [0.15, 0.2) is 33.4 Å². The monoisotopic (exact) mass is 313 g/mol. The van der Waals surface area contributed by atoms with Gasteiger partial charge in [0.15, 0.2) is 0 Å². The SMILES string of the molecule is CCNCc1ccc(-c2cscc2Br)c(F)c1. The molecule has 2 aromatic rings. The molecular weight excluding hydrogens is 301 g/mol. The smallest absolute Gasteiger partial charge is 0.131 e. The molecule has 0 saturated heterocycles. The summed E-state index contributed by atoms with van der Waals surface area (Å²) < 4.78 is 14.9. The van der Waals surface area contributed by atoms with Crippen molar-refractivity contribution in [2.75, 3.05) is 6.54 Å². The van der Waals surface area contributed by atoms with E-state index in [4.69, 9.17) is 0 Å². The van der Waals surface area contributed by atoms with Crippen molar-refractivity contribution in [3.63, 3.8) is 0 Å². The Hall–Kier alpha value is -0.710. The van der Waals surface area contributed by atoms with Gasteiger partial charge in [-0.2, -0.15) is 11.3 Å². The van der Waals surface area contributed by atoms with Crippen LogP contribution in [-0.2, 0) is 6.54 Å². The van der Waals surface area contributed by atoms with E-state index in [1.165, 1.54) is 0 Å². The number of benzene rings is 1. The van der Waals surface area contributed by atoms with Crippen molar-refractivity contribution in [3.05, 3.63) is 44.8 Å². The minimum Gasteiger partial charge on any atom is -0.313 e. The first kappa shape index (κ1) is 12.7. The maximum absolute atomic E-state index is 14.0. The Kier molecular flexibility index (Phi) is 4.31. The predicted octanol–water partition coefficient (Wildman–Crippen LogP) is 4.43. The maximum Gasteiger partial charge on any atom is 0.131 e. The molecule has 0 aliphatic rings. The number of hydrogen-bond acceptors (Lipinski definition) is 2. The summed E-state index contributed by atoms with van der Waals surface area (Å²) >= 11 is 4.99. The largest absolute Gasteiger partial charge is 0.313 e. The first-order valence-electron chi connectivity index (χ1n) is 5.43. The maximum atomic E-state index is 14.0. The molecule has 1 aromatic carbocycles. The second-order valence-corrected chi connectivity index (χ2v) is 5.33. The number of nitrogens with one attached hydrogen (secondary N) is 1. The van der Waals surface area contributed by atoms with Crippen molar-refractivity contribution in [1.82, 2.24) is 5.32 Å². The van der Waals surface area contributed by atoms with Crippen LogP contribution in [0, 0.1) is 5.82 Å². The van der Waals surface area contributed by atoms with Gasteiger partial charge < -0.3 is 5.32 Å². The Morgan fingerprint density at radius 3 is 2.71 bits per heavy atom. The van der Waals surface area contributed by atoms with Gasteiger partial charge in [0, 0.05) is 27.5 Å². The third-order valence-corrected chi connectivity index (χ3v) is 4.22. The third-order valence-electron chi connectivity index (χ3n) is 2.52. The Labute approximate surface area is 113 Å². The summed E-state index contributed by atoms with van der Waals surface area (Å²) in [5.74, 6) is -0.167. The summed E-state index contributed by atoms with van der Waals surface area (Å²) in [5, 5.41) is 7.09. The minimum absolute atomic E-state index is 0.167. The number of halogens is 2. The summed E-state index contributed by atoms with van der Waals surface area (Å²) in [6, 6.07) is 5.40. The standard InChI is InChI=1S/C13H13BrFNS/c1-2-16-6-9-3-4-10(13(15)5-9)11-7-17-8-12(11)14/h3-5,7-8,16H,2,6H2,1H3. The average molecular weight is 314 g/mol. The Morgan fingerprint density at radius 2 is 2.12 bits per heavy atom. The van der Waals surface area contributed by atoms with E-state index < -0.39 is 0 Å². The Bertz CT molecular complexity index is 510. The van der Waals surface area contributed by atoms with E-state index in [1.54, 1.807) is 17.4 Å². The van der Waals surface area contributed by atoms with E-state index in [-0.39, 0.29) is 5.82 Å². The molecule has 0 amide bonds. The van der Waals surface area contributed by atoms with E-state index in [0.29, 0.717) is 12.1 Å². The van der Waals surface area contributed by atoms with Gasteiger partial charge >= 0.3 is 0 Å².